The Kier molecular flexibility index (Phi) is 6.67. The lowest BCUT2D eigenvalue weighted by atomic mass is 10.00. The van der Waals surface area contributed by atoms with Gasteiger partial charge in [0.05, 0.1) is 13.2 Å². The summed E-state index contributed by atoms with van der Waals surface area (Å²) < 4.78 is 10.4. The SMILES string of the molecule is COCCOCCCNC(C)c1cccc2ccccc12. The van der Waals surface area contributed by atoms with Crippen LogP contribution in [-0.4, -0.2) is 33.5 Å². The highest BCUT2D eigenvalue weighted by Crippen LogP contribution is 2.23. The van der Waals surface area contributed by atoms with Crippen molar-refractivity contribution in [3.05, 3.63) is 48.0 Å². The summed E-state index contributed by atoms with van der Waals surface area (Å²) in [6.07, 6.45) is 1.01. The van der Waals surface area contributed by atoms with Gasteiger partial charge in [0.1, 0.15) is 0 Å². The van der Waals surface area contributed by atoms with Crippen molar-refractivity contribution < 1.29 is 9.47 Å². The Labute approximate surface area is 127 Å². The highest BCUT2D eigenvalue weighted by molar-refractivity contribution is 5.86. The molecule has 21 heavy (non-hydrogen) atoms. The summed E-state index contributed by atoms with van der Waals surface area (Å²) in [5.41, 5.74) is 1.36. The lowest BCUT2D eigenvalue weighted by Gasteiger charge is -2.16. The van der Waals surface area contributed by atoms with Gasteiger partial charge in [-0.05, 0) is 36.2 Å². The molecule has 0 spiro atoms. The molecule has 0 fully saturated rings. The fourth-order valence-corrected chi connectivity index (χ4v) is 2.48. The number of benzene rings is 2. The minimum absolute atomic E-state index is 0.343. The Balaban J connectivity index is 1.81. The molecule has 0 amide bonds. The van der Waals surface area contributed by atoms with Gasteiger partial charge in [0.2, 0.25) is 0 Å². The summed E-state index contributed by atoms with van der Waals surface area (Å²) in [7, 11) is 1.69. The van der Waals surface area contributed by atoms with Gasteiger partial charge >= 0.3 is 0 Å². The van der Waals surface area contributed by atoms with Crippen LogP contribution in [0.2, 0.25) is 0 Å². The van der Waals surface area contributed by atoms with Crippen molar-refractivity contribution in [3.63, 3.8) is 0 Å². The van der Waals surface area contributed by atoms with Gasteiger partial charge in [-0.15, -0.1) is 0 Å². The molecule has 0 saturated carbocycles. The van der Waals surface area contributed by atoms with Gasteiger partial charge in [0, 0.05) is 19.8 Å². The van der Waals surface area contributed by atoms with Crippen LogP contribution in [-0.2, 0) is 9.47 Å². The van der Waals surface area contributed by atoms with E-state index in [1.54, 1.807) is 7.11 Å². The third kappa shape index (κ3) is 4.81. The molecule has 0 aromatic heterocycles. The van der Waals surface area contributed by atoms with Crippen molar-refractivity contribution in [1.29, 1.82) is 0 Å². The van der Waals surface area contributed by atoms with Gasteiger partial charge in [-0.3, -0.25) is 0 Å². The molecule has 114 valence electrons. The first-order valence-electron chi connectivity index (χ1n) is 7.60. The van der Waals surface area contributed by atoms with E-state index in [0.717, 1.165) is 19.6 Å². The number of hydrogen-bond donors (Lipinski definition) is 1. The Hall–Kier alpha value is -1.42. The van der Waals surface area contributed by atoms with Gasteiger partial charge < -0.3 is 14.8 Å². The fourth-order valence-electron chi connectivity index (χ4n) is 2.48. The van der Waals surface area contributed by atoms with Crippen LogP contribution >= 0.6 is 0 Å². The van der Waals surface area contributed by atoms with Crippen molar-refractivity contribution in [2.75, 3.05) is 33.5 Å². The Bertz CT molecular complexity index is 536. The minimum atomic E-state index is 0.343. The van der Waals surface area contributed by atoms with E-state index in [2.05, 4.69) is 54.7 Å². The third-order valence-electron chi connectivity index (χ3n) is 3.64. The van der Waals surface area contributed by atoms with Crippen molar-refractivity contribution in [2.45, 2.75) is 19.4 Å². The van der Waals surface area contributed by atoms with Crippen molar-refractivity contribution in [3.8, 4) is 0 Å². The maximum absolute atomic E-state index is 5.47. The van der Waals surface area contributed by atoms with E-state index in [4.69, 9.17) is 9.47 Å². The summed E-state index contributed by atoms with van der Waals surface area (Å²) in [5, 5.41) is 6.20. The van der Waals surface area contributed by atoms with Crippen LogP contribution in [0.15, 0.2) is 42.5 Å². The average Bonchev–Trinajstić information content (AvgIpc) is 2.53. The van der Waals surface area contributed by atoms with E-state index in [-0.39, 0.29) is 0 Å². The first kappa shape index (κ1) is 16.0. The molecule has 0 bridgehead atoms. The van der Waals surface area contributed by atoms with E-state index in [0.29, 0.717) is 19.3 Å². The largest absolute Gasteiger partial charge is 0.382 e. The number of nitrogens with one attached hydrogen (secondary N) is 1. The number of rotatable bonds is 9. The standard InChI is InChI=1S/C18H25NO2/c1-15(19-11-6-12-21-14-13-20-2)17-10-5-8-16-7-3-4-9-18(16)17/h3-5,7-10,15,19H,6,11-14H2,1-2H3. The quantitative estimate of drug-likeness (QED) is 0.716. The number of ether oxygens (including phenoxy) is 2. The van der Waals surface area contributed by atoms with Gasteiger partial charge in [-0.1, -0.05) is 42.5 Å². The van der Waals surface area contributed by atoms with Gasteiger partial charge in [0.15, 0.2) is 0 Å². The predicted octanol–water partition coefficient (Wildman–Crippen LogP) is 3.54. The first-order valence-corrected chi connectivity index (χ1v) is 7.60. The van der Waals surface area contributed by atoms with E-state index < -0.39 is 0 Å². The minimum Gasteiger partial charge on any atom is -0.382 e. The Morgan fingerprint density at radius 1 is 1.00 bits per heavy atom. The summed E-state index contributed by atoms with van der Waals surface area (Å²) in [6.45, 7) is 5.29. The van der Waals surface area contributed by atoms with Crippen LogP contribution in [0.4, 0.5) is 0 Å². The molecule has 1 atom stereocenters. The predicted molar refractivity (Wildman–Crippen MR) is 87.7 cm³/mol. The van der Waals surface area contributed by atoms with E-state index in [1.165, 1.54) is 16.3 Å². The van der Waals surface area contributed by atoms with Crippen LogP contribution in [0.5, 0.6) is 0 Å². The smallest absolute Gasteiger partial charge is 0.0700 e. The zero-order valence-electron chi connectivity index (χ0n) is 13.0. The average molecular weight is 287 g/mol. The molecular formula is C18H25NO2. The van der Waals surface area contributed by atoms with E-state index >= 15 is 0 Å². The Morgan fingerprint density at radius 3 is 2.67 bits per heavy atom. The Morgan fingerprint density at radius 2 is 1.81 bits per heavy atom. The lowest BCUT2D eigenvalue weighted by Crippen LogP contribution is -2.21. The summed E-state index contributed by atoms with van der Waals surface area (Å²) >= 11 is 0. The van der Waals surface area contributed by atoms with Gasteiger partial charge in [-0.25, -0.2) is 0 Å². The van der Waals surface area contributed by atoms with E-state index in [9.17, 15) is 0 Å². The molecule has 0 radical (unpaired) electrons. The zero-order chi connectivity index (χ0) is 14.9. The van der Waals surface area contributed by atoms with Crippen LogP contribution in [0.3, 0.4) is 0 Å². The molecule has 2 aromatic carbocycles. The molecule has 3 nitrogen and oxygen atoms in total. The highest BCUT2D eigenvalue weighted by Gasteiger charge is 2.07. The van der Waals surface area contributed by atoms with Crippen LogP contribution < -0.4 is 5.32 Å². The van der Waals surface area contributed by atoms with Crippen molar-refractivity contribution in [1.82, 2.24) is 5.32 Å². The lowest BCUT2D eigenvalue weighted by molar-refractivity contribution is 0.0693. The summed E-state index contributed by atoms with van der Waals surface area (Å²) in [4.78, 5) is 0. The topological polar surface area (TPSA) is 30.5 Å². The molecule has 3 heteroatoms. The summed E-state index contributed by atoms with van der Waals surface area (Å²) in [6, 6.07) is 15.4. The van der Waals surface area contributed by atoms with Crippen LogP contribution in [0.25, 0.3) is 10.8 Å². The monoisotopic (exact) mass is 287 g/mol. The zero-order valence-corrected chi connectivity index (χ0v) is 13.0. The number of methoxy groups -OCH3 is 1. The number of hydrogen-bond acceptors (Lipinski definition) is 3. The molecular weight excluding hydrogens is 262 g/mol. The molecule has 0 aliphatic heterocycles. The second-order valence-electron chi connectivity index (χ2n) is 5.20. The number of fused-ring (bicyclic) bond motifs is 1. The third-order valence-corrected chi connectivity index (χ3v) is 3.64. The molecule has 0 saturated heterocycles. The first-order chi connectivity index (χ1) is 10.3. The second kappa shape index (κ2) is 8.78. The van der Waals surface area contributed by atoms with Gasteiger partial charge in [-0.2, -0.15) is 0 Å². The van der Waals surface area contributed by atoms with Crippen molar-refractivity contribution in [2.24, 2.45) is 0 Å². The molecule has 0 aliphatic rings. The van der Waals surface area contributed by atoms with E-state index in [1.807, 2.05) is 0 Å². The molecule has 2 aromatic rings. The maximum atomic E-state index is 5.47. The molecule has 2 rings (SSSR count). The highest BCUT2D eigenvalue weighted by atomic mass is 16.5. The fraction of sp³-hybridized carbons (Fsp3) is 0.444. The van der Waals surface area contributed by atoms with Gasteiger partial charge in [0.25, 0.3) is 0 Å². The molecule has 1 N–H and O–H groups in total. The maximum Gasteiger partial charge on any atom is 0.0700 e. The molecule has 0 heterocycles. The normalized spacial score (nSPS) is 12.7. The second-order valence-corrected chi connectivity index (χ2v) is 5.20. The van der Waals surface area contributed by atoms with Crippen LogP contribution in [0.1, 0.15) is 24.9 Å². The molecule has 0 aliphatic carbocycles. The molecule has 1 unspecified atom stereocenters. The summed E-state index contributed by atoms with van der Waals surface area (Å²) in [5.74, 6) is 0. The van der Waals surface area contributed by atoms with Crippen molar-refractivity contribution >= 4 is 10.8 Å². The van der Waals surface area contributed by atoms with Crippen LogP contribution in [0, 0.1) is 0 Å².